The van der Waals surface area contributed by atoms with Gasteiger partial charge < -0.3 is 10.3 Å². The molecule has 1 aliphatic heterocycles. The highest BCUT2D eigenvalue weighted by molar-refractivity contribution is 5.74. The third kappa shape index (κ3) is 1.51. The van der Waals surface area contributed by atoms with E-state index in [4.69, 9.17) is 0 Å². The standard InChI is InChI=1S/C17H17N3/c18-10-16-13(5-8-19-16)12-3-4-15-14(9-12)17(11-20-15)6-1-2-7-17/h3-5,8-9,19-20H,1-2,6-7,11H2. The molecule has 0 bridgehead atoms. The van der Waals surface area contributed by atoms with E-state index >= 15 is 0 Å². The summed E-state index contributed by atoms with van der Waals surface area (Å²) in [6.07, 6.45) is 7.08. The van der Waals surface area contributed by atoms with Gasteiger partial charge in [-0.2, -0.15) is 5.26 Å². The second kappa shape index (κ2) is 4.14. The van der Waals surface area contributed by atoms with Crippen LogP contribution < -0.4 is 5.32 Å². The molecular formula is C17H17N3. The lowest BCUT2D eigenvalue weighted by Crippen LogP contribution is -2.24. The summed E-state index contributed by atoms with van der Waals surface area (Å²) in [5.41, 5.74) is 5.89. The molecule has 1 aromatic heterocycles. The highest BCUT2D eigenvalue weighted by Crippen LogP contribution is 2.48. The van der Waals surface area contributed by atoms with Gasteiger partial charge in [0.2, 0.25) is 0 Å². The first-order valence-electron chi connectivity index (χ1n) is 7.29. The minimum atomic E-state index is 0.342. The van der Waals surface area contributed by atoms with Gasteiger partial charge in [-0.1, -0.05) is 18.9 Å². The van der Waals surface area contributed by atoms with Crippen LogP contribution in [-0.4, -0.2) is 11.5 Å². The maximum Gasteiger partial charge on any atom is 0.125 e. The molecule has 3 heteroatoms. The van der Waals surface area contributed by atoms with E-state index in [1.807, 2.05) is 12.3 Å². The third-order valence-corrected chi connectivity index (χ3v) is 4.94. The lowest BCUT2D eigenvalue weighted by molar-refractivity contribution is 0.489. The van der Waals surface area contributed by atoms with Crippen molar-refractivity contribution in [1.82, 2.24) is 4.98 Å². The number of nitrogens with one attached hydrogen (secondary N) is 2. The zero-order valence-electron chi connectivity index (χ0n) is 11.4. The highest BCUT2D eigenvalue weighted by atomic mass is 14.9. The molecule has 1 saturated carbocycles. The van der Waals surface area contributed by atoms with Gasteiger partial charge in [0, 0.05) is 29.4 Å². The lowest BCUT2D eigenvalue weighted by Gasteiger charge is -2.23. The zero-order valence-corrected chi connectivity index (χ0v) is 11.4. The van der Waals surface area contributed by atoms with E-state index in [0.717, 1.165) is 17.7 Å². The summed E-state index contributed by atoms with van der Waals surface area (Å²) >= 11 is 0. The largest absolute Gasteiger partial charge is 0.384 e. The second-order valence-corrected chi connectivity index (χ2v) is 5.98. The van der Waals surface area contributed by atoms with Crippen LogP contribution in [0, 0.1) is 11.3 Å². The van der Waals surface area contributed by atoms with E-state index in [0.29, 0.717) is 11.1 Å². The molecule has 1 spiro atoms. The first kappa shape index (κ1) is 11.6. The zero-order chi connectivity index (χ0) is 13.6. The van der Waals surface area contributed by atoms with E-state index in [9.17, 15) is 5.26 Å². The minimum absolute atomic E-state index is 0.342. The van der Waals surface area contributed by atoms with E-state index in [2.05, 4.69) is 34.6 Å². The number of anilines is 1. The lowest BCUT2D eigenvalue weighted by atomic mass is 9.80. The van der Waals surface area contributed by atoms with Crippen molar-refractivity contribution >= 4 is 5.69 Å². The number of rotatable bonds is 1. The van der Waals surface area contributed by atoms with Crippen molar-refractivity contribution in [3.63, 3.8) is 0 Å². The monoisotopic (exact) mass is 263 g/mol. The molecule has 0 unspecified atom stereocenters. The Bertz CT molecular complexity index is 699. The molecule has 2 aliphatic rings. The Morgan fingerprint density at radius 3 is 2.80 bits per heavy atom. The quantitative estimate of drug-likeness (QED) is 0.822. The van der Waals surface area contributed by atoms with Gasteiger partial charge in [0.1, 0.15) is 11.8 Å². The van der Waals surface area contributed by atoms with Crippen molar-refractivity contribution in [2.24, 2.45) is 0 Å². The summed E-state index contributed by atoms with van der Waals surface area (Å²) in [4.78, 5) is 3.01. The second-order valence-electron chi connectivity index (χ2n) is 5.98. The van der Waals surface area contributed by atoms with Crippen molar-refractivity contribution in [1.29, 1.82) is 5.26 Å². The summed E-state index contributed by atoms with van der Waals surface area (Å²) in [7, 11) is 0. The topological polar surface area (TPSA) is 51.6 Å². The van der Waals surface area contributed by atoms with Gasteiger partial charge in [0.25, 0.3) is 0 Å². The molecule has 0 radical (unpaired) electrons. The number of fused-ring (bicyclic) bond motifs is 2. The van der Waals surface area contributed by atoms with E-state index in [-0.39, 0.29) is 0 Å². The summed E-state index contributed by atoms with van der Waals surface area (Å²) in [6, 6.07) is 10.8. The van der Waals surface area contributed by atoms with Crippen LogP contribution in [0.4, 0.5) is 5.69 Å². The Morgan fingerprint density at radius 1 is 1.15 bits per heavy atom. The molecule has 0 saturated heterocycles. The Morgan fingerprint density at radius 2 is 2.00 bits per heavy atom. The normalized spacial score (nSPS) is 18.8. The number of hydrogen-bond donors (Lipinski definition) is 2. The average Bonchev–Trinajstić information content (AvgIpc) is 3.21. The van der Waals surface area contributed by atoms with Crippen molar-refractivity contribution in [3.05, 3.63) is 41.7 Å². The molecule has 0 amide bonds. The molecule has 1 fully saturated rings. The first-order chi connectivity index (χ1) is 9.82. The summed E-state index contributed by atoms with van der Waals surface area (Å²) in [5.74, 6) is 0. The molecule has 2 aromatic rings. The smallest absolute Gasteiger partial charge is 0.125 e. The van der Waals surface area contributed by atoms with Gasteiger partial charge in [-0.05, 0) is 42.2 Å². The molecule has 4 rings (SSSR count). The van der Waals surface area contributed by atoms with Gasteiger partial charge in [-0.25, -0.2) is 0 Å². The van der Waals surface area contributed by atoms with Crippen LogP contribution in [0.5, 0.6) is 0 Å². The summed E-state index contributed by atoms with van der Waals surface area (Å²) < 4.78 is 0. The molecule has 2 N–H and O–H groups in total. The maximum absolute atomic E-state index is 9.17. The first-order valence-corrected chi connectivity index (χ1v) is 7.29. The molecule has 2 heterocycles. The number of aromatic nitrogens is 1. The Labute approximate surface area is 118 Å². The Balaban J connectivity index is 1.84. The predicted molar refractivity (Wildman–Crippen MR) is 79.6 cm³/mol. The number of nitriles is 1. The van der Waals surface area contributed by atoms with E-state index < -0.39 is 0 Å². The van der Waals surface area contributed by atoms with Crippen LogP contribution in [0.2, 0.25) is 0 Å². The van der Waals surface area contributed by atoms with Gasteiger partial charge >= 0.3 is 0 Å². The van der Waals surface area contributed by atoms with Crippen LogP contribution in [0.25, 0.3) is 11.1 Å². The molecule has 1 aromatic carbocycles. The Kier molecular flexibility index (Phi) is 2.40. The predicted octanol–water partition coefficient (Wildman–Crippen LogP) is 3.79. The number of nitrogens with zero attached hydrogens (tertiary/aromatic N) is 1. The van der Waals surface area contributed by atoms with Crippen LogP contribution in [0.1, 0.15) is 36.9 Å². The van der Waals surface area contributed by atoms with Crippen LogP contribution in [0.15, 0.2) is 30.5 Å². The number of aromatic amines is 1. The van der Waals surface area contributed by atoms with Crippen molar-refractivity contribution in [3.8, 4) is 17.2 Å². The van der Waals surface area contributed by atoms with Gasteiger partial charge in [0.15, 0.2) is 0 Å². The number of hydrogen-bond acceptors (Lipinski definition) is 2. The number of benzene rings is 1. The molecular weight excluding hydrogens is 246 g/mol. The molecule has 20 heavy (non-hydrogen) atoms. The molecule has 3 nitrogen and oxygen atoms in total. The van der Waals surface area contributed by atoms with Crippen molar-refractivity contribution in [2.75, 3.05) is 11.9 Å². The van der Waals surface area contributed by atoms with E-state index in [1.165, 1.54) is 36.9 Å². The van der Waals surface area contributed by atoms with Crippen molar-refractivity contribution in [2.45, 2.75) is 31.1 Å². The molecule has 0 atom stereocenters. The van der Waals surface area contributed by atoms with Crippen molar-refractivity contribution < 1.29 is 0 Å². The Hall–Kier alpha value is -2.21. The van der Waals surface area contributed by atoms with Crippen LogP contribution in [0.3, 0.4) is 0 Å². The highest BCUT2D eigenvalue weighted by Gasteiger charge is 2.41. The van der Waals surface area contributed by atoms with Crippen LogP contribution in [-0.2, 0) is 5.41 Å². The van der Waals surface area contributed by atoms with Gasteiger partial charge in [-0.15, -0.1) is 0 Å². The fourth-order valence-corrected chi connectivity index (χ4v) is 3.86. The minimum Gasteiger partial charge on any atom is -0.384 e. The molecule has 1 aliphatic carbocycles. The molecule has 100 valence electrons. The maximum atomic E-state index is 9.17. The third-order valence-electron chi connectivity index (χ3n) is 4.94. The fourth-order valence-electron chi connectivity index (χ4n) is 3.86. The van der Waals surface area contributed by atoms with Gasteiger partial charge in [-0.3, -0.25) is 0 Å². The fraction of sp³-hybridized carbons (Fsp3) is 0.353. The summed E-state index contributed by atoms with van der Waals surface area (Å²) in [6.45, 7) is 1.07. The van der Waals surface area contributed by atoms with Gasteiger partial charge in [0.05, 0.1) is 0 Å². The number of H-pyrrole nitrogens is 1. The van der Waals surface area contributed by atoms with Crippen LogP contribution >= 0.6 is 0 Å². The SMILES string of the molecule is N#Cc1[nH]ccc1-c1ccc2c(c1)C1(CCCC1)CN2. The average molecular weight is 263 g/mol. The van der Waals surface area contributed by atoms with E-state index in [1.54, 1.807) is 0 Å². The summed E-state index contributed by atoms with van der Waals surface area (Å²) in [5, 5.41) is 12.7.